The highest BCUT2D eigenvalue weighted by Crippen LogP contribution is 2.32. The molecule has 0 aliphatic heterocycles. The van der Waals surface area contributed by atoms with Crippen LogP contribution in [0.4, 0.5) is 0 Å². The molecule has 13 heavy (non-hydrogen) atoms. The molecule has 0 unspecified atom stereocenters. The van der Waals surface area contributed by atoms with Crippen molar-refractivity contribution >= 4 is 0 Å². The van der Waals surface area contributed by atoms with Crippen LogP contribution in [0, 0.1) is 0 Å². The summed E-state index contributed by atoms with van der Waals surface area (Å²) in [5, 5.41) is 0. The lowest BCUT2D eigenvalue weighted by atomic mass is 9.87. The number of hydrogen-bond acceptors (Lipinski definition) is 1. The first kappa shape index (κ1) is 8.76. The van der Waals surface area contributed by atoms with Crippen LogP contribution in [0.15, 0.2) is 24.3 Å². The third-order valence-corrected chi connectivity index (χ3v) is 2.96. The molecule has 1 aromatic rings. The molecule has 1 heteroatoms. The van der Waals surface area contributed by atoms with Crippen molar-refractivity contribution in [1.29, 1.82) is 0 Å². The predicted octanol–water partition coefficient (Wildman–Crippen LogP) is 2.63. The van der Waals surface area contributed by atoms with Gasteiger partial charge in [-0.05, 0) is 44.5 Å². The zero-order chi connectivity index (χ0) is 9.26. The van der Waals surface area contributed by atoms with Crippen LogP contribution in [0.5, 0.6) is 0 Å². The highest BCUT2D eigenvalue weighted by Gasteiger charge is 2.20. The van der Waals surface area contributed by atoms with Gasteiger partial charge in [0.15, 0.2) is 0 Å². The molecule has 0 saturated heterocycles. The van der Waals surface area contributed by atoms with Crippen molar-refractivity contribution in [3.8, 4) is 0 Å². The lowest BCUT2D eigenvalue weighted by Gasteiger charge is -2.30. The SMILES string of the molecule is CN(C)[C@H]1CCCc2ccccc21. The van der Waals surface area contributed by atoms with Crippen molar-refractivity contribution in [2.75, 3.05) is 14.1 Å². The summed E-state index contributed by atoms with van der Waals surface area (Å²) < 4.78 is 0. The summed E-state index contributed by atoms with van der Waals surface area (Å²) in [5.74, 6) is 0. The van der Waals surface area contributed by atoms with E-state index in [0.717, 1.165) is 0 Å². The standard InChI is InChI=1S/C12H17N/c1-13(2)12-9-5-7-10-6-3-4-8-11(10)12/h3-4,6,8,12H,5,7,9H2,1-2H3/t12-/m0/s1. The van der Waals surface area contributed by atoms with E-state index in [1.54, 1.807) is 11.1 Å². The van der Waals surface area contributed by atoms with Crippen LogP contribution in [-0.4, -0.2) is 19.0 Å². The van der Waals surface area contributed by atoms with Crippen LogP contribution in [0.1, 0.15) is 30.0 Å². The van der Waals surface area contributed by atoms with Gasteiger partial charge < -0.3 is 4.90 Å². The minimum Gasteiger partial charge on any atom is -0.302 e. The Bertz CT molecular complexity index is 291. The van der Waals surface area contributed by atoms with Crippen LogP contribution in [0.2, 0.25) is 0 Å². The van der Waals surface area contributed by atoms with E-state index in [1.165, 1.54) is 19.3 Å². The topological polar surface area (TPSA) is 3.24 Å². The third-order valence-electron chi connectivity index (χ3n) is 2.96. The maximum absolute atomic E-state index is 2.33. The zero-order valence-electron chi connectivity index (χ0n) is 8.46. The molecular weight excluding hydrogens is 158 g/mol. The molecule has 0 radical (unpaired) electrons. The molecule has 0 aromatic heterocycles. The van der Waals surface area contributed by atoms with Crippen LogP contribution < -0.4 is 0 Å². The van der Waals surface area contributed by atoms with E-state index in [4.69, 9.17) is 0 Å². The van der Waals surface area contributed by atoms with Gasteiger partial charge in [-0.3, -0.25) is 0 Å². The first-order valence-electron chi connectivity index (χ1n) is 5.03. The summed E-state index contributed by atoms with van der Waals surface area (Å²) >= 11 is 0. The second-order valence-electron chi connectivity index (χ2n) is 4.07. The van der Waals surface area contributed by atoms with E-state index in [9.17, 15) is 0 Å². The molecule has 0 amide bonds. The van der Waals surface area contributed by atoms with E-state index >= 15 is 0 Å². The number of aryl methyl sites for hydroxylation is 1. The highest BCUT2D eigenvalue weighted by molar-refractivity contribution is 5.32. The molecule has 70 valence electrons. The Morgan fingerprint density at radius 1 is 1.23 bits per heavy atom. The minimum absolute atomic E-state index is 0.643. The smallest absolute Gasteiger partial charge is 0.0344 e. The number of benzene rings is 1. The second-order valence-corrected chi connectivity index (χ2v) is 4.07. The largest absolute Gasteiger partial charge is 0.302 e. The molecule has 0 spiro atoms. The molecule has 2 rings (SSSR count). The van der Waals surface area contributed by atoms with Crippen molar-refractivity contribution in [2.24, 2.45) is 0 Å². The van der Waals surface area contributed by atoms with E-state index in [2.05, 4.69) is 43.3 Å². The van der Waals surface area contributed by atoms with Crippen LogP contribution in [0.3, 0.4) is 0 Å². The molecule has 0 bridgehead atoms. The van der Waals surface area contributed by atoms with Gasteiger partial charge in [0.05, 0.1) is 0 Å². The van der Waals surface area contributed by atoms with Gasteiger partial charge in [0.2, 0.25) is 0 Å². The lowest BCUT2D eigenvalue weighted by molar-refractivity contribution is 0.268. The molecule has 1 aliphatic rings. The molecule has 0 saturated carbocycles. The Labute approximate surface area is 80.4 Å². The molecule has 1 atom stereocenters. The average Bonchev–Trinajstić information content (AvgIpc) is 2.17. The summed E-state index contributed by atoms with van der Waals surface area (Å²) in [6.07, 6.45) is 3.91. The van der Waals surface area contributed by atoms with E-state index in [-0.39, 0.29) is 0 Å². The lowest BCUT2D eigenvalue weighted by Crippen LogP contribution is -2.23. The molecule has 0 N–H and O–H groups in total. The fourth-order valence-electron chi connectivity index (χ4n) is 2.26. The van der Waals surface area contributed by atoms with Gasteiger partial charge >= 0.3 is 0 Å². The molecular formula is C12H17N. The first-order valence-corrected chi connectivity index (χ1v) is 5.03. The maximum Gasteiger partial charge on any atom is 0.0344 e. The average molecular weight is 175 g/mol. The predicted molar refractivity (Wildman–Crippen MR) is 55.8 cm³/mol. The van der Waals surface area contributed by atoms with Crippen molar-refractivity contribution in [3.63, 3.8) is 0 Å². The van der Waals surface area contributed by atoms with Crippen LogP contribution >= 0.6 is 0 Å². The number of nitrogens with zero attached hydrogens (tertiary/aromatic N) is 1. The number of rotatable bonds is 1. The summed E-state index contributed by atoms with van der Waals surface area (Å²) in [4.78, 5) is 2.33. The Hall–Kier alpha value is -0.820. The Morgan fingerprint density at radius 2 is 2.00 bits per heavy atom. The Kier molecular flexibility index (Phi) is 2.36. The summed E-state index contributed by atoms with van der Waals surface area (Å²) in [6.45, 7) is 0. The molecule has 1 nitrogen and oxygen atoms in total. The monoisotopic (exact) mass is 175 g/mol. The van der Waals surface area contributed by atoms with Crippen molar-refractivity contribution in [3.05, 3.63) is 35.4 Å². The van der Waals surface area contributed by atoms with Gasteiger partial charge in [-0.1, -0.05) is 24.3 Å². The molecule has 1 aliphatic carbocycles. The van der Waals surface area contributed by atoms with Crippen molar-refractivity contribution in [2.45, 2.75) is 25.3 Å². The summed E-state index contributed by atoms with van der Waals surface area (Å²) in [7, 11) is 4.35. The normalized spacial score (nSPS) is 21.6. The molecule has 0 heterocycles. The van der Waals surface area contributed by atoms with E-state index < -0.39 is 0 Å². The Balaban J connectivity index is 2.37. The highest BCUT2D eigenvalue weighted by atomic mass is 15.1. The molecule has 0 fully saturated rings. The fourth-order valence-corrected chi connectivity index (χ4v) is 2.26. The summed E-state index contributed by atoms with van der Waals surface area (Å²) in [5.41, 5.74) is 3.09. The first-order chi connectivity index (χ1) is 6.29. The number of hydrogen-bond donors (Lipinski definition) is 0. The summed E-state index contributed by atoms with van der Waals surface area (Å²) in [6, 6.07) is 9.49. The van der Waals surface area contributed by atoms with Gasteiger partial charge in [0, 0.05) is 6.04 Å². The second kappa shape index (κ2) is 3.51. The molecule has 1 aromatic carbocycles. The number of fused-ring (bicyclic) bond motifs is 1. The van der Waals surface area contributed by atoms with E-state index in [1.807, 2.05) is 0 Å². The van der Waals surface area contributed by atoms with Gasteiger partial charge in [-0.2, -0.15) is 0 Å². The van der Waals surface area contributed by atoms with E-state index in [0.29, 0.717) is 6.04 Å². The van der Waals surface area contributed by atoms with Gasteiger partial charge in [-0.25, -0.2) is 0 Å². The van der Waals surface area contributed by atoms with Gasteiger partial charge in [0.25, 0.3) is 0 Å². The fraction of sp³-hybridized carbons (Fsp3) is 0.500. The van der Waals surface area contributed by atoms with Crippen molar-refractivity contribution in [1.82, 2.24) is 4.90 Å². The van der Waals surface area contributed by atoms with Gasteiger partial charge in [-0.15, -0.1) is 0 Å². The maximum atomic E-state index is 2.33. The third kappa shape index (κ3) is 1.61. The van der Waals surface area contributed by atoms with Gasteiger partial charge in [0.1, 0.15) is 0 Å². The van der Waals surface area contributed by atoms with Crippen LogP contribution in [0.25, 0.3) is 0 Å². The minimum atomic E-state index is 0.643. The van der Waals surface area contributed by atoms with Crippen LogP contribution in [-0.2, 0) is 6.42 Å². The van der Waals surface area contributed by atoms with Crippen molar-refractivity contribution < 1.29 is 0 Å². The quantitative estimate of drug-likeness (QED) is 0.634. The zero-order valence-corrected chi connectivity index (χ0v) is 8.46. The Morgan fingerprint density at radius 3 is 2.77 bits per heavy atom.